The number of hydrogen-bond donors (Lipinski definition) is 1. The van der Waals surface area contributed by atoms with Gasteiger partial charge in [0.15, 0.2) is 0 Å². The Kier molecular flexibility index (Phi) is 3.34. The number of halogens is 2. The van der Waals surface area contributed by atoms with E-state index in [4.69, 9.17) is 17.3 Å². The molecule has 1 heterocycles. The van der Waals surface area contributed by atoms with Crippen LogP contribution in [0.25, 0.3) is 0 Å². The molecule has 1 aliphatic heterocycles. The van der Waals surface area contributed by atoms with E-state index in [1.54, 1.807) is 6.08 Å². The van der Waals surface area contributed by atoms with Crippen molar-refractivity contribution in [3.05, 3.63) is 47.3 Å². The van der Waals surface area contributed by atoms with Gasteiger partial charge in [-0.2, -0.15) is 4.99 Å². The van der Waals surface area contributed by atoms with Gasteiger partial charge in [-0.05, 0) is 17.7 Å². The highest BCUT2D eigenvalue weighted by Crippen LogP contribution is 2.29. The third-order valence-corrected chi connectivity index (χ3v) is 2.94. The molecule has 0 saturated heterocycles. The monoisotopic (exact) mass is 267 g/mol. The summed E-state index contributed by atoms with van der Waals surface area (Å²) in [7, 11) is 0. The molecule has 2 N–H and O–H groups in total. The van der Waals surface area contributed by atoms with Crippen molar-refractivity contribution in [1.82, 2.24) is 4.90 Å². The molecule has 4 nitrogen and oxygen atoms in total. The molecular formula is C12H11ClFN3O. The van der Waals surface area contributed by atoms with Crippen molar-refractivity contribution < 1.29 is 9.18 Å². The van der Waals surface area contributed by atoms with Crippen molar-refractivity contribution in [2.75, 3.05) is 6.54 Å². The number of hydrogen-bond acceptors (Lipinski definition) is 2. The number of rotatable bonds is 3. The molecule has 0 spiro atoms. The van der Waals surface area contributed by atoms with Crippen LogP contribution in [0.2, 0.25) is 5.02 Å². The Balaban J connectivity index is 2.40. The molecule has 0 radical (unpaired) electrons. The number of benzene rings is 1. The Morgan fingerprint density at radius 2 is 2.33 bits per heavy atom. The van der Waals surface area contributed by atoms with Crippen molar-refractivity contribution >= 4 is 23.5 Å². The predicted molar refractivity (Wildman–Crippen MR) is 68.1 cm³/mol. The molecule has 1 unspecified atom stereocenters. The Hall–Kier alpha value is -1.88. The SMILES string of the molecule is C=CCN1C(=O)N=C(N)C1c1ccc(F)c(Cl)c1. The summed E-state index contributed by atoms with van der Waals surface area (Å²) in [6, 6.07) is 3.26. The molecule has 1 aromatic carbocycles. The highest BCUT2D eigenvalue weighted by molar-refractivity contribution is 6.30. The molecule has 0 aromatic heterocycles. The van der Waals surface area contributed by atoms with Crippen LogP contribution in [0.4, 0.5) is 9.18 Å². The van der Waals surface area contributed by atoms with E-state index < -0.39 is 17.9 Å². The maximum Gasteiger partial charge on any atom is 0.346 e. The fourth-order valence-corrected chi connectivity index (χ4v) is 2.05. The lowest BCUT2D eigenvalue weighted by Gasteiger charge is -2.23. The summed E-state index contributed by atoms with van der Waals surface area (Å²) >= 11 is 5.72. The number of nitrogens with two attached hydrogens (primary N) is 1. The molecule has 1 aliphatic rings. The van der Waals surface area contributed by atoms with Crippen LogP contribution < -0.4 is 5.73 Å². The van der Waals surface area contributed by atoms with E-state index in [0.29, 0.717) is 12.1 Å². The highest BCUT2D eigenvalue weighted by atomic mass is 35.5. The first-order chi connectivity index (χ1) is 8.54. The third kappa shape index (κ3) is 2.09. The molecule has 2 amide bonds. The standard InChI is InChI=1S/C12H11ClFN3O/c1-2-5-17-10(11(15)16-12(17)18)7-3-4-9(14)8(13)6-7/h2-4,6,10H,1,5H2,(H2,15,16,18). The van der Waals surface area contributed by atoms with Crippen LogP contribution in [0.5, 0.6) is 0 Å². The Labute approximate surface area is 109 Å². The minimum absolute atomic E-state index is 0.0156. The molecule has 1 aromatic rings. The van der Waals surface area contributed by atoms with Gasteiger partial charge in [0.1, 0.15) is 17.7 Å². The van der Waals surface area contributed by atoms with Crippen molar-refractivity contribution in [1.29, 1.82) is 0 Å². The van der Waals surface area contributed by atoms with Gasteiger partial charge in [-0.3, -0.25) is 0 Å². The zero-order valence-electron chi connectivity index (χ0n) is 9.44. The number of urea groups is 1. The molecule has 18 heavy (non-hydrogen) atoms. The second-order valence-electron chi connectivity index (χ2n) is 3.84. The van der Waals surface area contributed by atoms with Gasteiger partial charge in [-0.1, -0.05) is 23.7 Å². The van der Waals surface area contributed by atoms with Crippen LogP contribution in [-0.4, -0.2) is 23.3 Å². The van der Waals surface area contributed by atoms with Crippen LogP contribution in [0.3, 0.4) is 0 Å². The fourth-order valence-electron chi connectivity index (χ4n) is 1.86. The van der Waals surface area contributed by atoms with Crippen LogP contribution >= 0.6 is 11.6 Å². The van der Waals surface area contributed by atoms with Gasteiger partial charge in [-0.25, -0.2) is 9.18 Å². The van der Waals surface area contributed by atoms with Crippen LogP contribution in [0.1, 0.15) is 11.6 Å². The molecule has 0 fully saturated rings. The first kappa shape index (κ1) is 12.6. The zero-order valence-corrected chi connectivity index (χ0v) is 10.2. The average molecular weight is 268 g/mol. The van der Waals surface area contributed by atoms with Crippen LogP contribution in [0, 0.1) is 5.82 Å². The van der Waals surface area contributed by atoms with Gasteiger partial charge >= 0.3 is 6.03 Å². The van der Waals surface area contributed by atoms with Gasteiger partial charge in [0.25, 0.3) is 0 Å². The fraction of sp³-hybridized carbons (Fsp3) is 0.167. The van der Waals surface area contributed by atoms with Crippen molar-refractivity contribution in [3.8, 4) is 0 Å². The van der Waals surface area contributed by atoms with E-state index in [0.717, 1.165) is 0 Å². The summed E-state index contributed by atoms with van der Waals surface area (Å²) in [5.41, 5.74) is 6.35. The number of amides is 2. The van der Waals surface area contributed by atoms with Crippen molar-refractivity contribution in [2.45, 2.75) is 6.04 Å². The zero-order chi connectivity index (χ0) is 13.3. The first-order valence-electron chi connectivity index (χ1n) is 5.25. The normalized spacial score (nSPS) is 19.0. The van der Waals surface area contributed by atoms with E-state index in [9.17, 15) is 9.18 Å². The summed E-state index contributed by atoms with van der Waals surface area (Å²) < 4.78 is 13.1. The second-order valence-corrected chi connectivity index (χ2v) is 4.24. The number of carbonyl (C=O) groups is 1. The smallest absolute Gasteiger partial charge is 0.346 e. The van der Waals surface area contributed by atoms with Crippen LogP contribution in [-0.2, 0) is 0 Å². The van der Waals surface area contributed by atoms with Gasteiger partial charge in [0.05, 0.1) is 5.02 Å². The lowest BCUT2D eigenvalue weighted by molar-refractivity contribution is 0.213. The minimum atomic E-state index is -0.520. The van der Waals surface area contributed by atoms with E-state index in [-0.39, 0.29) is 10.9 Å². The molecule has 6 heteroatoms. The van der Waals surface area contributed by atoms with Crippen LogP contribution in [0.15, 0.2) is 35.8 Å². The summed E-state index contributed by atoms with van der Waals surface area (Å²) in [5, 5.41) is -0.0156. The predicted octanol–water partition coefficient (Wildman–Crippen LogP) is 2.50. The Bertz CT molecular complexity index is 544. The summed E-state index contributed by atoms with van der Waals surface area (Å²) in [6.45, 7) is 3.88. The maximum absolute atomic E-state index is 13.1. The van der Waals surface area contributed by atoms with Crippen molar-refractivity contribution in [3.63, 3.8) is 0 Å². The summed E-state index contributed by atoms with van der Waals surface area (Å²) in [5.74, 6) is -0.347. The molecule has 1 atom stereocenters. The maximum atomic E-state index is 13.1. The minimum Gasteiger partial charge on any atom is -0.385 e. The van der Waals surface area contributed by atoms with E-state index in [1.807, 2.05) is 0 Å². The lowest BCUT2D eigenvalue weighted by atomic mass is 10.1. The average Bonchev–Trinajstić information content (AvgIpc) is 2.59. The molecule has 0 aliphatic carbocycles. The topological polar surface area (TPSA) is 58.7 Å². The van der Waals surface area contributed by atoms with E-state index in [2.05, 4.69) is 11.6 Å². The van der Waals surface area contributed by atoms with Gasteiger partial charge in [0, 0.05) is 6.54 Å². The van der Waals surface area contributed by atoms with Gasteiger partial charge in [0.2, 0.25) is 0 Å². The van der Waals surface area contributed by atoms with E-state index >= 15 is 0 Å². The number of amidine groups is 1. The highest BCUT2D eigenvalue weighted by Gasteiger charge is 2.33. The van der Waals surface area contributed by atoms with E-state index in [1.165, 1.54) is 23.1 Å². The van der Waals surface area contributed by atoms with Gasteiger partial charge < -0.3 is 10.6 Å². The van der Waals surface area contributed by atoms with Gasteiger partial charge in [-0.15, -0.1) is 6.58 Å². The van der Waals surface area contributed by atoms with Crippen molar-refractivity contribution in [2.24, 2.45) is 10.7 Å². The Morgan fingerprint density at radius 3 is 2.94 bits per heavy atom. The number of carbonyl (C=O) groups excluding carboxylic acids is 1. The molecule has 2 rings (SSSR count). The molecular weight excluding hydrogens is 257 g/mol. The number of aliphatic imine (C=N–C) groups is 1. The lowest BCUT2D eigenvalue weighted by Crippen LogP contribution is -2.33. The third-order valence-electron chi connectivity index (χ3n) is 2.65. The largest absolute Gasteiger partial charge is 0.385 e. The quantitative estimate of drug-likeness (QED) is 0.856. The molecule has 0 saturated carbocycles. The number of nitrogens with zero attached hydrogens (tertiary/aromatic N) is 2. The summed E-state index contributed by atoms with van der Waals surface area (Å²) in [4.78, 5) is 16.7. The Morgan fingerprint density at radius 1 is 1.61 bits per heavy atom. The molecule has 94 valence electrons. The summed E-state index contributed by atoms with van der Waals surface area (Å²) in [6.07, 6.45) is 1.57. The molecule has 0 bridgehead atoms. The first-order valence-corrected chi connectivity index (χ1v) is 5.63. The second kappa shape index (κ2) is 4.78.